The number of aryl methyl sites for hydroxylation is 1. The van der Waals surface area contributed by atoms with Crippen molar-refractivity contribution in [2.24, 2.45) is 0 Å². The smallest absolute Gasteiger partial charge is 0.339 e. The number of carbonyl (C=O) groups is 2. The lowest BCUT2D eigenvalue weighted by Crippen LogP contribution is -2.61. The fourth-order valence-corrected chi connectivity index (χ4v) is 5.67. The van der Waals surface area contributed by atoms with Crippen LogP contribution in [0.2, 0.25) is 5.02 Å². The quantitative estimate of drug-likeness (QED) is 0.273. The van der Waals surface area contributed by atoms with Gasteiger partial charge in [-0.25, -0.2) is 14.2 Å². The van der Waals surface area contributed by atoms with Crippen molar-refractivity contribution < 1.29 is 23.5 Å². The second-order valence-electron chi connectivity index (χ2n) is 12.3. The Morgan fingerprint density at radius 1 is 1.07 bits per heavy atom. The van der Waals surface area contributed by atoms with E-state index in [2.05, 4.69) is 25.8 Å². The van der Waals surface area contributed by atoms with Crippen molar-refractivity contribution >= 4 is 40.3 Å². The zero-order valence-electron chi connectivity index (χ0n) is 24.0. The Bertz CT molecular complexity index is 1690. The standard InChI is InChI=1S/C32H33ClFN3O4/c1-18-9-10-35-28(26(18)30(39)40)36-11-12-37(32(5,6)17-36)29(38)25-16-21-13-20(19-7-8-23(33)24(34)15-19)14-22(27(21)41-25)31(2,3)4/h7-10,13-16H,11-12,17H2,1-6H3,(H,39,40). The lowest BCUT2D eigenvalue weighted by Gasteiger charge is -2.47. The van der Waals surface area contributed by atoms with Crippen LogP contribution in [0.3, 0.4) is 0 Å². The van der Waals surface area contributed by atoms with Gasteiger partial charge in [-0.1, -0.05) is 38.4 Å². The van der Waals surface area contributed by atoms with Crippen LogP contribution in [0.5, 0.6) is 0 Å². The molecule has 4 aromatic rings. The van der Waals surface area contributed by atoms with Gasteiger partial charge in [0.1, 0.15) is 22.8 Å². The highest BCUT2D eigenvalue weighted by molar-refractivity contribution is 6.30. The summed E-state index contributed by atoms with van der Waals surface area (Å²) in [6, 6.07) is 12.0. The van der Waals surface area contributed by atoms with Gasteiger partial charge < -0.3 is 19.3 Å². The summed E-state index contributed by atoms with van der Waals surface area (Å²) in [5, 5.41) is 10.6. The number of aromatic carboxylic acids is 1. The van der Waals surface area contributed by atoms with Gasteiger partial charge in [0, 0.05) is 36.8 Å². The maximum atomic E-state index is 14.3. The zero-order valence-corrected chi connectivity index (χ0v) is 24.8. The summed E-state index contributed by atoms with van der Waals surface area (Å²) in [7, 11) is 0. The number of benzene rings is 2. The van der Waals surface area contributed by atoms with Crippen LogP contribution >= 0.6 is 11.6 Å². The SMILES string of the molecule is Cc1ccnc(N2CCN(C(=O)c3cc4cc(-c5ccc(Cl)c(F)c5)cc(C(C)(C)C)c4o3)C(C)(C)C2)c1C(=O)O. The van der Waals surface area contributed by atoms with Crippen molar-refractivity contribution in [2.75, 3.05) is 24.5 Å². The second kappa shape index (κ2) is 10.2. The number of carboxylic acid groups (broad SMARTS) is 1. The Morgan fingerprint density at radius 3 is 2.44 bits per heavy atom. The first-order valence-corrected chi connectivity index (χ1v) is 13.8. The van der Waals surface area contributed by atoms with Crippen LogP contribution in [0.25, 0.3) is 22.1 Å². The van der Waals surface area contributed by atoms with E-state index in [1.807, 2.05) is 30.9 Å². The number of carboxylic acids is 1. The molecule has 2 aromatic carbocycles. The van der Waals surface area contributed by atoms with Crippen molar-refractivity contribution in [3.8, 4) is 11.1 Å². The molecular formula is C32H33ClFN3O4. The fourth-order valence-electron chi connectivity index (χ4n) is 5.55. The molecule has 1 aliphatic rings. The third kappa shape index (κ3) is 5.28. The largest absolute Gasteiger partial charge is 0.478 e. The minimum absolute atomic E-state index is 0.0575. The predicted octanol–water partition coefficient (Wildman–Crippen LogP) is 7.33. The van der Waals surface area contributed by atoms with Crippen molar-refractivity contribution in [3.05, 3.63) is 82.0 Å². The molecule has 5 rings (SSSR count). The topological polar surface area (TPSA) is 86.9 Å². The van der Waals surface area contributed by atoms with Crippen molar-refractivity contribution in [3.63, 3.8) is 0 Å². The molecule has 41 heavy (non-hydrogen) atoms. The number of piperazine rings is 1. The van der Waals surface area contributed by atoms with Crippen LogP contribution in [-0.4, -0.2) is 52.0 Å². The Labute approximate surface area is 243 Å². The number of anilines is 1. The monoisotopic (exact) mass is 577 g/mol. The fraction of sp³-hybridized carbons (Fsp3) is 0.344. The Hall–Kier alpha value is -3.91. The van der Waals surface area contributed by atoms with Gasteiger partial charge in [-0.05, 0) is 79.3 Å². The molecule has 1 saturated heterocycles. The van der Waals surface area contributed by atoms with E-state index < -0.39 is 17.3 Å². The number of carbonyl (C=O) groups excluding carboxylic acids is 1. The number of rotatable bonds is 4. The number of pyridine rings is 1. The normalized spacial score (nSPS) is 15.4. The van der Waals surface area contributed by atoms with E-state index in [0.717, 1.165) is 16.5 Å². The van der Waals surface area contributed by atoms with Gasteiger partial charge in [0.15, 0.2) is 5.76 Å². The number of hydrogen-bond acceptors (Lipinski definition) is 5. The molecule has 7 nitrogen and oxygen atoms in total. The number of hydrogen-bond donors (Lipinski definition) is 1. The molecular weight excluding hydrogens is 545 g/mol. The van der Waals surface area contributed by atoms with E-state index in [-0.39, 0.29) is 27.7 Å². The van der Waals surface area contributed by atoms with Gasteiger partial charge in [0.25, 0.3) is 5.91 Å². The average Bonchev–Trinajstić information content (AvgIpc) is 3.32. The van der Waals surface area contributed by atoms with Crippen LogP contribution in [0, 0.1) is 12.7 Å². The minimum Gasteiger partial charge on any atom is -0.478 e. The highest BCUT2D eigenvalue weighted by Crippen LogP contribution is 2.38. The van der Waals surface area contributed by atoms with E-state index in [9.17, 15) is 19.1 Å². The predicted molar refractivity (Wildman–Crippen MR) is 159 cm³/mol. The van der Waals surface area contributed by atoms with E-state index in [1.54, 1.807) is 36.2 Å². The van der Waals surface area contributed by atoms with Gasteiger partial charge in [-0.2, -0.15) is 0 Å². The molecule has 2 aromatic heterocycles. The number of nitrogens with zero attached hydrogens (tertiary/aromatic N) is 3. The molecule has 1 amide bonds. The number of furan rings is 1. The molecule has 3 heterocycles. The molecule has 1 fully saturated rings. The first-order chi connectivity index (χ1) is 19.2. The third-order valence-corrected chi connectivity index (χ3v) is 7.99. The Balaban J connectivity index is 1.50. The number of aromatic nitrogens is 1. The lowest BCUT2D eigenvalue weighted by atomic mass is 9.84. The van der Waals surface area contributed by atoms with Gasteiger partial charge in [-0.3, -0.25) is 4.79 Å². The lowest BCUT2D eigenvalue weighted by molar-refractivity contribution is 0.0481. The summed E-state index contributed by atoms with van der Waals surface area (Å²) in [5.41, 5.74) is 2.84. The van der Waals surface area contributed by atoms with Gasteiger partial charge in [0.2, 0.25) is 0 Å². The van der Waals surface area contributed by atoms with Crippen LogP contribution in [0.4, 0.5) is 10.2 Å². The minimum atomic E-state index is -1.03. The van der Waals surface area contributed by atoms with Crippen molar-refractivity contribution in [2.45, 2.75) is 52.5 Å². The van der Waals surface area contributed by atoms with Gasteiger partial charge in [0.05, 0.1) is 10.6 Å². The highest BCUT2D eigenvalue weighted by atomic mass is 35.5. The number of halogens is 2. The molecule has 1 N–H and O–H groups in total. The molecule has 1 aliphatic heterocycles. The molecule has 0 atom stereocenters. The summed E-state index contributed by atoms with van der Waals surface area (Å²) in [6.45, 7) is 13.0. The zero-order chi connectivity index (χ0) is 29.9. The summed E-state index contributed by atoms with van der Waals surface area (Å²) in [5.74, 6) is -1.16. The van der Waals surface area contributed by atoms with Crippen molar-refractivity contribution in [1.29, 1.82) is 0 Å². The maximum absolute atomic E-state index is 14.3. The van der Waals surface area contributed by atoms with E-state index in [0.29, 0.717) is 42.2 Å². The summed E-state index contributed by atoms with van der Waals surface area (Å²) >= 11 is 5.91. The molecule has 0 spiro atoms. The number of amides is 1. The van der Waals surface area contributed by atoms with Gasteiger partial charge >= 0.3 is 5.97 Å². The van der Waals surface area contributed by atoms with Crippen LogP contribution in [-0.2, 0) is 5.41 Å². The maximum Gasteiger partial charge on any atom is 0.339 e. The molecule has 0 saturated carbocycles. The molecule has 0 bridgehead atoms. The molecule has 0 aliphatic carbocycles. The summed E-state index contributed by atoms with van der Waals surface area (Å²) in [6.07, 6.45) is 1.61. The van der Waals surface area contributed by atoms with Crippen LogP contribution in [0.15, 0.2) is 53.1 Å². The summed E-state index contributed by atoms with van der Waals surface area (Å²) < 4.78 is 20.5. The first-order valence-electron chi connectivity index (χ1n) is 13.5. The molecule has 0 unspecified atom stereocenters. The van der Waals surface area contributed by atoms with Crippen LogP contribution in [0.1, 0.15) is 66.7 Å². The summed E-state index contributed by atoms with van der Waals surface area (Å²) in [4.78, 5) is 33.9. The highest BCUT2D eigenvalue weighted by Gasteiger charge is 2.40. The van der Waals surface area contributed by atoms with E-state index in [4.69, 9.17) is 16.0 Å². The van der Waals surface area contributed by atoms with E-state index >= 15 is 0 Å². The van der Waals surface area contributed by atoms with E-state index in [1.165, 1.54) is 12.1 Å². The number of fused-ring (bicyclic) bond motifs is 1. The van der Waals surface area contributed by atoms with Crippen LogP contribution < -0.4 is 4.90 Å². The second-order valence-corrected chi connectivity index (χ2v) is 12.7. The Morgan fingerprint density at radius 2 is 1.80 bits per heavy atom. The molecule has 9 heteroatoms. The Kier molecular flexibility index (Phi) is 7.10. The molecule has 214 valence electrons. The van der Waals surface area contributed by atoms with Gasteiger partial charge in [-0.15, -0.1) is 0 Å². The molecule has 0 radical (unpaired) electrons. The average molecular weight is 578 g/mol. The third-order valence-electron chi connectivity index (χ3n) is 7.69. The first kappa shape index (κ1) is 28.6. The van der Waals surface area contributed by atoms with Crippen molar-refractivity contribution in [1.82, 2.24) is 9.88 Å².